The van der Waals surface area contributed by atoms with E-state index in [0.717, 1.165) is 58.9 Å². The van der Waals surface area contributed by atoms with E-state index < -0.39 is 0 Å². The number of hydrogen-bond donors (Lipinski definition) is 0. The Bertz CT molecular complexity index is 840. The van der Waals surface area contributed by atoms with Crippen LogP contribution in [0.15, 0.2) is 36.4 Å². The number of anilines is 1. The first-order chi connectivity index (χ1) is 15.2. The Morgan fingerprint density at radius 2 is 1.65 bits per heavy atom. The fraction of sp³-hybridized carbons (Fsp3) is 0.538. The van der Waals surface area contributed by atoms with Gasteiger partial charge in [-0.25, -0.2) is 0 Å². The molecule has 0 amide bonds. The van der Waals surface area contributed by atoms with Gasteiger partial charge in [0.1, 0.15) is 0 Å². The fourth-order valence-electron chi connectivity index (χ4n) is 4.69. The average molecular weight is 425 g/mol. The second-order valence-electron chi connectivity index (χ2n) is 8.75. The summed E-state index contributed by atoms with van der Waals surface area (Å²) in [7, 11) is 4.00. The number of morpholine rings is 1. The van der Waals surface area contributed by atoms with E-state index in [9.17, 15) is 0 Å². The number of ether oxygens (including phenoxy) is 3. The number of nitrogens with zero attached hydrogens (tertiary/aromatic N) is 2. The topological polar surface area (TPSA) is 34.2 Å². The zero-order valence-electron chi connectivity index (χ0n) is 19.2. The molecule has 2 aromatic rings. The molecule has 2 aliphatic heterocycles. The van der Waals surface area contributed by atoms with Crippen molar-refractivity contribution in [3.05, 3.63) is 53.1 Å². The maximum Gasteiger partial charge on any atom is 0.0716 e. The third-order valence-electron chi connectivity index (χ3n) is 6.70. The largest absolute Gasteiger partial charge is 0.381 e. The highest BCUT2D eigenvalue weighted by Crippen LogP contribution is 2.33. The molecule has 2 heterocycles. The first-order valence-corrected chi connectivity index (χ1v) is 11.5. The molecule has 5 nitrogen and oxygen atoms in total. The lowest BCUT2D eigenvalue weighted by atomic mass is 9.95. The van der Waals surface area contributed by atoms with Crippen molar-refractivity contribution in [3.8, 4) is 11.1 Å². The van der Waals surface area contributed by atoms with Crippen molar-refractivity contribution in [1.82, 2.24) is 4.90 Å². The Kier molecular flexibility index (Phi) is 7.62. The molecule has 2 aromatic carbocycles. The molecule has 0 unspecified atom stereocenters. The summed E-state index contributed by atoms with van der Waals surface area (Å²) in [5, 5.41) is 0. The summed E-state index contributed by atoms with van der Waals surface area (Å²) < 4.78 is 16.6. The van der Waals surface area contributed by atoms with Crippen molar-refractivity contribution in [2.24, 2.45) is 0 Å². The van der Waals surface area contributed by atoms with Crippen molar-refractivity contribution in [2.45, 2.75) is 39.0 Å². The van der Waals surface area contributed by atoms with E-state index in [2.05, 4.69) is 60.2 Å². The molecule has 2 fully saturated rings. The minimum absolute atomic E-state index is 0.522. The summed E-state index contributed by atoms with van der Waals surface area (Å²) >= 11 is 0. The SMILES string of the molecule is COCc1cc(-c2ccc(CN3CCOCC3)cc2)cc(N(C)C2CCOCC2)c1C. The van der Waals surface area contributed by atoms with Crippen LogP contribution >= 0.6 is 0 Å². The minimum atomic E-state index is 0.522. The zero-order valence-corrected chi connectivity index (χ0v) is 19.2. The number of hydrogen-bond acceptors (Lipinski definition) is 5. The Morgan fingerprint density at radius 1 is 0.968 bits per heavy atom. The first kappa shape index (κ1) is 22.3. The van der Waals surface area contributed by atoms with E-state index in [4.69, 9.17) is 14.2 Å². The molecule has 0 aliphatic carbocycles. The van der Waals surface area contributed by atoms with Crippen LogP contribution in [0.2, 0.25) is 0 Å². The normalized spacial score (nSPS) is 18.3. The van der Waals surface area contributed by atoms with E-state index in [1.807, 2.05) is 0 Å². The second kappa shape index (κ2) is 10.6. The molecule has 0 N–H and O–H groups in total. The van der Waals surface area contributed by atoms with Crippen LogP contribution in [0.1, 0.15) is 29.5 Å². The molecule has 168 valence electrons. The van der Waals surface area contributed by atoms with Crippen molar-refractivity contribution in [1.29, 1.82) is 0 Å². The van der Waals surface area contributed by atoms with E-state index in [1.54, 1.807) is 7.11 Å². The van der Waals surface area contributed by atoms with Gasteiger partial charge in [-0.1, -0.05) is 24.3 Å². The zero-order chi connectivity index (χ0) is 21.6. The molecule has 0 atom stereocenters. The van der Waals surface area contributed by atoms with Gasteiger partial charge in [-0.05, 0) is 59.7 Å². The minimum Gasteiger partial charge on any atom is -0.381 e. The Hall–Kier alpha value is -1.92. The van der Waals surface area contributed by atoms with Crippen LogP contribution in [-0.4, -0.2) is 64.6 Å². The number of benzene rings is 2. The molecule has 0 aromatic heterocycles. The molecule has 2 aliphatic rings. The molecule has 0 bridgehead atoms. The maximum absolute atomic E-state index is 5.58. The van der Waals surface area contributed by atoms with E-state index in [1.165, 1.54) is 33.5 Å². The smallest absolute Gasteiger partial charge is 0.0716 e. The highest BCUT2D eigenvalue weighted by atomic mass is 16.5. The van der Waals surface area contributed by atoms with Crippen molar-refractivity contribution >= 4 is 5.69 Å². The van der Waals surface area contributed by atoms with Crippen LogP contribution in [0.5, 0.6) is 0 Å². The Morgan fingerprint density at radius 3 is 2.32 bits per heavy atom. The molecule has 0 spiro atoms. The summed E-state index contributed by atoms with van der Waals surface area (Å²) in [6.07, 6.45) is 2.16. The Balaban J connectivity index is 1.58. The van der Waals surface area contributed by atoms with Gasteiger partial charge in [0.25, 0.3) is 0 Å². The van der Waals surface area contributed by atoms with Crippen LogP contribution in [0.25, 0.3) is 11.1 Å². The predicted molar refractivity (Wildman–Crippen MR) is 126 cm³/mol. The summed E-state index contributed by atoms with van der Waals surface area (Å²) in [6, 6.07) is 14.2. The van der Waals surface area contributed by atoms with E-state index >= 15 is 0 Å². The number of rotatable bonds is 7. The van der Waals surface area contributed by atoms with Crippen molar-refractivity contribution in [2.75, 3.05) is 58.6 Å². The summed E-state index contributed by atoms with van der Waals surface area (Å²) in [5.41, 5.74) is 7.73. The Labute approximate surface area is 186 Å². The van der Waals surface area contributed by atoms with Gasteiger partial charge in [0.05, 0.1) is 19.8 Å². The molecule has 31 heavy (non-hydrogen) atoms. The van der Waals surface area contributed by atoms with Gasteiger partial charge in [0.15, 0.2) is 0 Å². The molecule has 0 saturated carbocycles. The molecular formula is C26H36N2O3. The van der Waals surface area contributed by atoms with Crippen molar-refractivity contribution < 1.29 is 14.2 Å². The van der Waals surface area contributed by atoms with Gasteiger partial charge in [-0.15, -0.1) is 0 Å². The standard InChI is InChI=1S/C26H36N2O3/c1-20-24(19-29-3)16-23(17-26(20)27(2)25-8-12-30-13-9-25)22-6-4-21(5-7-22)18-28-10-14-31-15-11-28/h4-7,16-17,25H,8-15,18-19H2,1-3H3. The molecule has 5 heteroatoms. The van der Waals surface area contributed by atoms with Gasteiger partial charge >= 0.3 is 0 Å². The number of methoxy groups -OCH3 is 1. The van der Waals surface area contributed by atoms with Crippen LogP contribution < -0.4 is 4.90 Å². The summed E-state index contributed by atoms with van der Waals surface area (Å²) in [5.74, 6) is 0. The molecular weight excluding hydrogens is 388 g/mol. The van der Waals surface area contributed by atoms with Crippen LogP contribution in [-0.2, 0) is 27.4 Å². The van der Waals surface area contributed by atoms with Crippen molar-refractivity contribution in [3.63, 3.8) is 0 Å². The van der Waals surface area contributed by atoms with E-state index in [-0.39, 0.29) is 0 Å². The second-order valence-corrected chi connectivity index (χ2v) is 8.75. The van der Waals surface area contributed by atoms with E-state index in [0.29, 0.717) is 12.6 Å². The van der Waals surface area contributed by atoms with Gasteiger partial charge in [0.2, 0.25) is 0 Å². The average Bonchev–Trinajstić information content (AvgIpc) is 2.82. The maximum atomic E-state index is 5.58. The monoisotopic (exact) mass is 424 g/mol. The lowest BCUT2D eigenvalue weighted by Gasteiger charge is -2.34. The van der Waals surface area contributed by atoms with Crippen LogP contribution in [0.4, 0.5) is 5.69 Å². The third-order valence-corrected chi connectivity index (χ3v) is 6.70. The third kappa shape index (κ3) is 5.47. The highest BCUT2D eigenvalue weighted by molar-refractivity contribution is 5.72. The predicted octanol–water partition coefficient (Wildman–Crippen LogP) is 4.26. The lowest BCUT2D eigenvalue weighted by Crippen LogP contribution is -2.37. The molecule has 2 saturated heterocycles. The molecule has 0 radical (unpaired) electrons. The van der Waals surface area contributed by atoms with Gasteiger partial charge < -0.3 is 19.1 Å². The fourth-order valence-corrected chi connectivity index (χ4v) is 4.69. The van der Waals surface area contributed by atoms with Crippen LogP contribution in [0.3, 0.4) is 0 Å². The first-order valence-electron chi connectivity index (χ1n) is 11.5. The molecule has 4 rings (SSSR count). The van der Waals surface area contributed by atoms with Gasteiger partial charge in [-0.2, -0.15) is 0 Å². The highest BCUT2D eigenvalue weighted by Gasteiger charge is 2.21. The quantitative estimate of drug-likeness (QED) is 0.664. The summed E-state index contributed by atoms with van der Waals surface area (Å²) in [4.78, 5) is 4.91. The van der Waals surface area contributed by atoms with Crippen LogP contribution in [0, 0.1) is 6.92 Å². The summed E-state index contributed by atoms with van der Waals surface area (Å²) in [6.45, 7) is 9.25. The van der Waals surface area contributed by atoms with Gasteiger partial charge in [-0.3, -0.25) is 4.90 Å². The van der Waals surface area contributed by atoms with Gasteiger partial charge in [0, 0.05) is 58.7 Å². The lowest BCUT2D eigenvalue weighted by molar-refractivity contribution is 0.0342.